The molecule has 3 heterocycles. The van der Waals surface area contributed by atoms with Crippen LogP contribution in [-0.2, 0) is 4.79 Å². The van der Waals surface area contributed by atoms with E-state index in [9.17, 15) is 9.59 Å². The Hall–Kier alpha value is -3.05. The third-order valence-electron chi connectivity index (χ3n) is 3.98. The zero-order valence-electron chi connectivity index (χ0n) is 12.4. The summed E-state index contributed by atoms with van der Waals surface area (Å²) >= 11 is 1.39. The second-order valence-electron chi connectivity index (χ2n) is 5.45. The molecular weight excluding hydrogens is 328 g/mol. The number of benzene rings is 1. The molecule has 0 aliphatic carbocycles. The lowest BCUT2D eigenvalue weighted by molar-refractivity contribution is -0.117. The van der Waals surface area contributed by atoms with Crippen molar-refractivity contribution in [3.05, 3.63) is 45.8 Å². The van der Waals surface area contributed by atoms with Crippen molar-refractivity contribution in [2.24, 2.45) is 0 Å². The van der Waals surface area contributed by atoms with Gasteiger partial charge in [-0.15, -0.1) is 11.3 Å². The van der Waals surface area contributed by atoms with E-state index in [-0.39, 0.29) is 11.9 Å². The third kappa shape index (κ3) is 2.35. The van der Waals surface area contributed by atoms with Crippen molar-refractivity contribution in [2.45, 2.75) is 12.5 Å². The van der Waals surface area contributed by atoms with Gasteiger partial charge in [0.05, 0.1) is 11.1 Å². The molecule has 1 aliphatic heterocycles. The largest absolute Gasteiger partial charge is 0.417 e. The first-order valence-electron chi connectivity index (χ1n) is 7.34. The summed E-state index contributed by atoms with van der Waals surface area (Å²) in [6.45, 7) is 0.566. The van der Waals surface area contributed by atoms with Crippen molar-refractivity contribution in [3.63, 3.8) is 0 Å². The van der Waals surface area contributed by atoms with E-state index in [1.54, 1.807) is 29.2 Å². The molecule has 7 nitrogen and oxygen atoms in total. The summed E-state index contributed by atoms with van der Waals surface area (Å²) in [5.74, 6) is -0.568. The topological polar surface area (TPSA) is 102 Å². The minimum Gasteiger partial charge on any atom is -0.408 e. The quantitative estimate of drug-likeness (QED) is 0.761. The first-order valence-corrected chi connectivity index (χ1v) is 8.22. The van der Waals surface area contributed by atoms with Gasteiger partial charge in [0.15, 0.2) is 5.58 Å². The molecule has 1 amide bonds. The van der Waals surface area contributed by atoms with Crippen LogP contribution in [0.4, 0.5) is 10.7 Å². The van der Waals surface area contributed by atoms with Gasteiger partial charge in [-0.1, -0.05) is 0 Å². The first-order chi connectivity index (χ1) is 11.7. The monoisotopic (exact) mass is 340 g/mol. The predicted octanol–water partition coefficient (Wildman–Crippen LogP) is 2.27. The minimum absolute atomic E-state index is 0.0604. The molecule has 1 fully saturated rings. The summed E-state index contributed by atoms with van der Waals surface area (Å²) in [5, 5.41) is 14.8. The molecule has 1 aromatic carbocycles. The molecule has 0 spiro atoms. The van der Waals surface area contributed by atoms with E-state index in [0.717, 1.165) is 5.69 Å². The number of hydrogen-bond donors (Lipinski definition) is 2. The number of aromatic nitrogens is 1. The van der Waals surface area contributed by atoms with Crippen LogP contribution in [0, 0.1) is 11.3 Å². The summed E-state index contributed by atoms with van der Waals surface area (Å²) in [7, 11) is 0. The highest BCUT2D eigenvalue weighted by Gasteiger charge is 2.34. The van der Waals surface area contributed by atoms with Crippen molar-refractivity contribution in [2.75, 3.05) is 16.8 Å². The highest BCUT2D eigenvalue weighted by molar-refractivity contribution is 7.14. The second kappa shape index (κ2) is 5.54. The number of thiophene rings is 1. The molecule has 0 unspecified atom stereocenters. The van der Waals surface area contributed by atoms with Crippen LogP contribution >= 0.6 is 11.3 Å². The maximum absolute atomic E-state index is 12.6. The van der Waals surface area contributed by atoms with Crippen LogP contribution in [0.25, 0.3) is 11.1 Å². The molecule has 1 saturated heterocycles. The molecule has 0 bridgehead atoms. The lowest BCUT2D eigenvalue weighted by atomic mass is 10.2. The molecule has 4 rings (SSSR count). The molecular formula is C16H12N4O3S. The first kappa shape index (κ1) is 14.5. The van der Waals surface area contributed by atoms with Crippen molar-refractivity contribution in [3.8, 4) is 6.07 Å². The molecule has 24 heavy (non-hydrogen) atoms. The molecule has 8 heteroatoms. The average molecular weight is 340 g/mol. The number of nitrogens with one attached hydrogen (secondary N) is 2. The molecule has 0 saturated carbocycles. The van der Waals surface area contributed by atoms with E-state index in [4.69, 9.17) is 9.68 Å². The fourth-order valence-electron chi connectivity index (χ4n) is 2.85. The maximum atomic E-state index is 12.6. The van der Waals surface area contributed by atoms with Gasteiger partial charge in [0.2, 0.25) is 5.91 Å². The number of nitrogens with zero attached hydrogens (tertiary/aromatic N) is 2. The van der Waals surface area contributed by atoms with Crippen LogP contribution in [0.15, 0.2) is 38.9 Å². The Morgan fingerprint density at radius 2 is 2.25 bits per heavy atom. The van der Waals surface area contributed by atoms with Crippen LogP contribution < -0.4 is 16.0 Å². The number of H-pyrrole nitrogens is 1. The van der Waals surface area contributed by atoms with Crippen LogP contribution in [-0.4, -0.2) is 23.5 Å². The van der Waals surface area contributed by atoms with E-state index >= 15 is 0 Å². The Labute approximate surface area is 140 Å². The standard InChI is InChI=1S/C16H12N4O3S/c17-8-9-4-6-24-15(9)20-5-3-11(14(20)21)18-10-1-2-13-12(7-10)19-16(22)23-13/h1-2,4,6-7,11,18H,3,5H2,(H,19,22)/t11-/m1/s1. The number of oxazole rings is 1. The van der Waals surface area contributed by atoms with E-state index in [2.05, 4.69) is 16.4 Å². The Balaban J connectivity index is 1.56. The van der Waals surface area contributed by atoms with Crippen molar-refractivity contribution in [1.29, 1.82) is 5.26 Å². The van der Waals surface area contributed by atoms with Crippen molar-refractivity contribution in [1.82, 2.24) is 4.98 Å². The van der Waals surface area contributed by atoms with E-state index in [1.807, 2.05) is 5.38 Å². The zero-order valence-corrected chi connectivity index (χ0v) is 13.2. The second-order valence-corrected chi connectivity index (χ2v) is 6.35. The molecule has 1 aliphatic rings. The number of fused-ring (bicyclic) bond motifs is 1. The van der Waals surface area contributed by atoms with Gasteiger partial charge in [-0.2, -0.15) is 5.26 Å². The fourth-order valence-corrected chi connectivity index (χ4v) is 3.74. The zero-order chi connectivity index (χ0) is 16.7. The molecule has 1 atom stereocenters. The summed E-state index contributed by atoms with van der Waals surface area (Å²) in [4.78, 5) is 28.1. The van der Waals surface area contributed by atoms with Gasteiger partial charge in [0.25, 0.3) is 0 Å². The van der Waals surface area contributed by atoms with E-state index in [0.29, 0.717) is 34.6 Å². The van der Waals surface area contributed by atoms with Gasteiger partial charge in [0.1, 0.15) is 17.1 Å². The number of rotatable bonds is 3. The van der Waals surface area contributed by atoms with Gasteiger partial charge in [-0.3, -0.25) is 9.78 Å². The van der Waals surface area contributed by atoms with E-state index in [1.165, 1.54) is 11.3 Å². The summed E-state index contributed by atoms with van der Waals surface area (Å²) in [6, 6.07) is 8.65. The predicted molar refractivity (Wildman–Crippen MR) is 90.2 cm³/mol. The van der Waals surface area contributed by atoms with Gasteiger partial charge in [0, 0.05) is 12.2 Å². The molecule has 2 aromatic heterocycles. The van der Waals surface area contributed by atoms with Gasteiger partial charge in [-0.25, -0.2) is 4.79 Å². The van der Waals surface area contributed by atoms with Crippen LogP contribution in [0.2, 0.25) is 0 Å². The third-order valence-corrected chi connectivity index (χ3v) is 4.91. The normalized spacial score (nSPS) is 17.4. The van der Waals surface area contributed by atoms with Gasteiger partial charge >= 0.3 is 5.76 Å². The number of nitriles is 1. The smallest absolute Gasteiger partial charge is 0.408 e. The Morgan fingerprint density at radius 1 is 1.38 bits per heavy atom. The van der Waals surface area contributed by atoms with Crippen LogP contribution in [0.3, 0.4) is 0 Å². The highest BCUT2D eigenvalue weighted by Crippen LogP contribution is 2.31. The van der Waals surface area contributed by atoms with Crippen molar-refractivity contribution >= 4 is 39.0 Å². The number of aromatic amines is 1. The van der Waals surface area contributed by atoms with Crippen molar-refractivity contribution < 1.29 is 9.21 Å². The Bertz CT molecular complexity index is 1030. The van der Waals surface area contributed by atoms with Crippen LogP contribution in [0.5, 0.6) is 0 Å². The molecule has 0 radical (unpaired) electrons. The van der Waals surface area contributed by atoms with Gasteiger partial charge in [-0.05, 0) is 36.1 Å². The number of carbonyl (C=O) groups is 1. The highest BCUT2D eigenvalue weighted by atomic mass is 32.1. The lowest BCUT2D eigenvalue weighted by Gasteiger charge is -2.16. The molecule has 2 N–H and O–H groups in total. The number of hydrogen-bond acceptors (Lipinski definition) is 6. The summed E-state index contributed by atoms with van der Waals surface area (Å²) < 4.78 is 4.96. The maximum Gasteiger partial charge on any atom is 0.417 e. The SMILES string of the molecule is N#Cc1ccsc1N1CC[C@@H](Nc2ccc3oc(=O)[nH]c3c2)C1=O. The lowest BCUT2D eigenvalue weighted by Crippen LogP contribution is -2.33. The summed E-state index contributed by atoms with van der Waals surface area (Å²) in [6.07, 6.45) is 0.640. The fraction of sp³-hybridized carbons (Fsp3) is 0.188. The number of carbonyl (C=O) groups excluding carboxylic acids is 1. The molecule has 3 aromatic rings. The van der Waals surface area contributed by atoms with E-state index < -0.39 is 5.76 Å². The Morgan fingerprint density at radius 3 is 3.08 bits per heavy atom. The van der Waals surface area contributed by atoms with Crippen LogP contribution in [0.1, 0.15) is 12.0 Å². The number of amides is 1. The Kier molecular flexibility index (Phi) is 3.36. The summed E-state index contributed by atoms with van der Waals surface area (Å²) in [5.41, 5.74) is 2.30. The minimum atomic E-state index is -0.507. The van der Waals surface area contributed by atoms with Gasteiger partial charge < -0.3 is 14.6 Å². The number of anilines is 2. The average Bonchev–Trinajstić information content (AvgIpc) is 3.25. The molecule has 120 valence electrons.